The molecular formula is C35H44ClFO3. The summed E-state index contributed by atoms with van der Waals surface area (Å²) in [6, 6.07) is 19.5. The van der Waals surface area contributed by atoms with E-state index in [9.17, 15) is 4.39 Å². The van der Waals surface area contributed by atoms with Gasteiger partial charge in [-0.15, -0.1) is 0 Å². The molecule has 3 atom stereocenters. The summed E-state index contributed by atoms with van der Waals surface area (Å²) in [5, 5.41) is 0.743. The molecule has 0 bridgehead atoms. The molecule has 3 aliphatic rings. The SMILES string of the molecule is CC(C)C1CCOc2c(Cl)cccc21.CC(C)C1COCc2ccccc21.CC(C)C1COc2cc(F)ccc21. The lowest BCUT2D eigenvalue weighted by molar-refractivity contribution is 0.0792. The first kappa shape index (κ1) is 30.4. The number of ether oxygens (including phenoxy) is 3. The van der Waals surface area contributed by atoms with Gasteiger partial charge in [0, 0.05) is 23.5 Å². The molecule has 3 aliphatic heterocycles. The lowest BCUT2D eigenvalue weighted by Gasteiger charge is -2.29. The molecule has 0 saturated heterocycles. The number of rotatable bonds is 3. The van der Waals surface area contributed by atoms with Crippen LogP contribution < -0.4 is 9.47 Å². The number of hydrogen-bond donors (Lipinski definition) is 0. The molecule has 0 aliphatic carbocycles. The maximum absolute atomic E-state index is 12.8. The van der Waals surface area contributed by atoms with E-state index in [1.165, 1.54) is 28.8 Å². The van der Waals surface area contributed by atoms with Crippen molar-refractivity contribution in [1.29, 1.82) is 0 Å². The molecule has 3 aromatic carbocycles. The van der Waals surface area contributed by atoms with Crippen LogP contribution in [0.5, 0.6) is 11.5 Å². The Labute approximate surface area is 245 Å². The summed E-state index contributed by atoms with van der Waals surface area (Å²) in [5.74, 6) is 4.88. The van der Waals surface area contributed by atoms with Crippen molar-refractivity contribution in [2.24, 2.45) is 17.8 Å². The second-order valence-corrected chi connectivity index (χ2v) is 12.5. The monoisotopic (exact) mass is 566 g/mol. The van der Waals surface area contributed by atoms with Crippen molar-refractivity contribution in [3.8, 4) is 11.5 Å². The quantitative estimate of drug-likeness (QED) is 0.316. The summed E-state index contributed by atoms with van der Waals surface area (Å²) in [7, 11) is 0. The first-order valence-electron chi connectivity index (χ1n) is 14.7. The van der Waals surface area contributed by atoms with Crippen LogP contribution in [0.2, 0.25) is 5.02 Å². The van der Waals surface area contributed by atoms with E-state index in [0.717, 1.165) is 48.3 Å². The Morgan fingerprint density at radius 3 is 2.12 bits per heavy atom. The molecule has 216 valence electrons. The molecule has 0 amide bonds. The molecule has 0 N–H and O–H groups in total. The van der Waals surface area contributed by atoms with Gasteiger partial charge in [0.25, 0.3) is 0 Å². The van der Waals surface area contributed by atoms with Crippen molar-refractivity contribution < 1.29 is 18.6 Å². The van der Waals surface area contributed by atoms with E-state index in [-0.39, 0.29) is 5.82 Å². The lowest BCUT2D eigenvalue weighted by Crippen LogP contribution is -2.20. The number of halogens is 2. The van der Waals surface area contributed by atoms with Gasteiger partial charge in [0.05, 0.1) is 31.5 Å². The predicted molar refractivity (Wildman–Crippen MR) is 162 cm³/mol. The molecule has 3 heterocycles. The van der Waals surface area contributed by atoms with E-state index < -0.39 is 0 Å². The fourth-order valence-electron chi connectivity index (χ4n) is 5.83. The third-order valence-electron chi connectivity index (χ3n) is 8.29. The first-order chi connectivity index (χ1) is 19.2. The van der Waals surface area contributed by atoms with Crippen molar-refractivity contribution >= 4 is 11.6 Å². The number of hydrogen-bond acceptors (Lipinski definition) is 3. The van der Waals surface area contributed by atoms with Crippen LogP contribution in [0.4, 0.5) is 4.39 Å². The highest BCUT2D eigenvalue weighted by molar-refractivity contribution is 6.32. The number of para-hydroxylation sites is 1. The lowest BCUT2D eigenvalue weighted by atomic mass is 9.84. The normalized spacial score (nSPS) is 20.7. The number of benzene rings is 3. The second kappa shape index (κ2) is 13.9. The van der Waals surface area contributed by atoms with Crippen LogP contribution in [0.15, 0.2) is 60.7 Å². The molecular weight excluding hydrogens is 523 g/mol. The summed E-state index contributed by atoms with van der Waals surface area (Å²) in [5.41, 5.74) is 5.28. The van der Waals surface area contributed by atoms with Crippen LogP contribution in [0.1, 0.15) is 88.0 Å². The predicted octanol–water partition coefficient (Wildman–Crippen LogP) is 9.78. The zero-order valence-corrected chi connectivity index (χ0v) is 25.5. The van der Waals surface area contributed by atoms with Gasteiger partial charge in [-0.05, 0) is 58.9 Å². The smallest absolute Gasteiger partial charge is 0.141 e. The van der Waals surface area contributed by atoms with Crippen molar-refractivity contribution in [3.05, 3.63) is 93.8 Å². The molecule has 0 spiro atoms. The van der Waals surface area contributed by atoms with E-state index in [4.69, 9.17) is 25.8 Å². The third kappa shape index (κ3) is 7.19. The highest BCUT2D eigenvalue weighted by Gasteiger charge is 2.27. The fourth-order valence-corrected chi connectivity index (χ4v) is 6.07. The van der Waals surface area contributed by atoms with E-state index in [1.807, 2.05) is 18.2 Å². The first-order valence-corrected chi connectivity index (χ1v) is 15.0. The Hall–Kier alpha value is -2.56. The van der Waals surface area contributed by atoms with Crippen LogP contribution in [0, 0.1) is 23.6 Å². The molecule has 6 rings (SSSR count). The second-order valence-electron chi connectivity index (χ2n) is 12.1. The average Bonchev–Trinajstić information content (AvgIpc) is 3.37. The summed E-state index contributed by atoms with van der Waals surface area (Å²) in [6.45, 7) is 16.5. The van der Waals surface area contributed by atoms with E-state index in [0.29, 0.717) is 42.1 Å². The molecule has 3 nitrogen and oxygen atoms in total. The van der Waals surface area contributed by atoms with Gasteiger partial charge >= 0.3 is 0 Å². The van der Waals surface area contributed by atoms with Crippen molar-refractivity contribution in [3.63, 3.8) is 0 Å². The van der Waals surface area contributed by atoms with E-state index in [2.05, 4.69) is 71.9 Å². The van der Waals surface area contributed by atoms with E-state index >= 15 is 0 Å². The zero-order chi connectivity index (χ0) is 28.8. The maximum atomic E-state index is 12.8. The Morgan fingerprint density at radius 1 is 0.725 bits per heavy atom. The molecule has 0 radical (unpaired) electrons. The maximum Gasteiger partial charge on any atom is 0.141 e. The fraction of sp³-hybridized carbons (Fsp3) is 0.486. The third-order valence-corrected chi connectivity index (χ3v) is 8.59. The molecule has 0 fully saturated rings. The Morgan fingerprint density at radius 2 is 1.40 bits per heavy atom. The Bertz CT molecular complexity index is 1260. The van der Waals surface area contributed by atoms with Gasteiger partial charge in [-0.25, -0.2) is 4.39 Å². The zero-order valence-electron chi connectivity index (χ0n) is 24.8. The van der Waals surface area contributed by atoms with Gasteiger partial charge in [0.2, 0.25) is 0 Å². The van der Waals surface area contributed by atoms with Crippen molar-refractivity contribution in [1.82, 2.24) is 0 Å². The molecule has 0 aromatic heterocycles. The summed E-state index contributed by atoms with van der Waals surface area (Å²) in [4.78, 5) is 0. The standard InChI is InChI=1S/C12H15ClO.C12H16O.C11H13FO/c1-8(2)9-6-7-14-12-10(9)4-3-5-11(12)13;1-9(2)12-8-13-7-10-5-3-4-6-11(10)12;1-7(2)10-6-13-11-5-8(12)3-4-9(10)11/h3-5,8-9H,6-7H2,1-2H3;3-6,9,12H,7-8H2,1-2H3;3-5,7,10H,6H2,1-2H3. The van der Waals surface area contributed by atoms with Crippen LogP contribution in [-0.4, -0.2) is 19.8 Å². The number of fused-ring (bicyclic) bond motifs is 3. The van der Waals surface area contributed by atoms with Gasteiger partial charge in [-0.2, -0.15) is 0 Å². The highest BCUT2D eigenvalue weighted by Crippen LogP contribution is 2.42. The molecule has 3 aromatic rings. The van der Waals surface area contributed by atoms with Gasteiger partial charge in [0.15, 0.2) is 0 Å². The average molecular weight is 567 g/mol. The van der Waals surface area contributed by atoms with Crippen LogP contribution >= 0.6 is 11.6 Å². The summed E-state index contributed by atoms with van der Waals surface area (Å²) in [6.07, 6.45) is 1.10. The highest BCUT2D eigenvalue weighted by atomic mass is 35.5. The molecule has 3 unspecified atom stereocenters. The van der Waals surface area contributed by atoms with Crippen molar-refractivity contribution in [2.45, 2.75) is 72.3 Å². The van der Waals surface area contributed by atoms with Crippen LogP contribution in [-0.2, 0) is 11.3 Å². The van der Waals surface area contributed by atoms with Gasteiger partial charge in [-0.1, -0.05) is 95.6 Å². The van der Waals surface area contributed by atoms with Crippen molar-refractivity contribution in [2.75, 3.05) is 19.8 Å². The Kier molecular flexibility index (Phi) is 10.5. The van der Waals surface area contributed by atoms with Gasteiger partial charge in [0.1, 0.15) is 17.3 Å². The van der Waals surface area contributed by atoms with Gasteiger partial charge in [-0.3, -0.25) is 0 Å². The minimum atomic E-state index is -0.219. The molecule has 40 heavy (non-hydrogen) atoms. The van der Waals surface area contributed by atoms with Crippen LogP contribution in [0.3, 0.4) is 0 Å². The topological polar surface area (TPSA) is 27.7 Å². The van der Waals surface area contributed by atoms with Gasteiger partial charge < -0.3 is 14.2 Å². The molecule has 5 heteroatoms. The summed E-state index contributed by atoms with van der Waals surface area (Å²) < 4.78 is 29.4. The summed E-state index contributed by atoms with van der Waals surface area (Å²) >= 11 is 6.09. The largest absolute Gasteiger partial charge is 0.493 e. The Balaban J connectivity index is 0.000000139. The minimum absolute atomic E-state index is 0.219. The minimum Gasteiger partial charge on any atom is -0.493 e. The van der Waals surface area contributed by atoms with Crippen LogP contribution in [0.25, 0.3) is 0 Å². The molecule has 0 saturated carbocycles. The van der Waals surface area contributed by atoms with E-state index in [1.54, 1.807) is 0 Å².